The van der Waals surface area contributed by atoms with Gasteiger partial charge in [-0.3, -0.25) is 0 Å². The maximum atomic E-state index is 12.7. The molecule has 3 aromatic rings. The highest BCUT2D eigenvalue weighted by Crippen LogP contribution is 2.22. The van der Waals surface area contributed by atoms with Gasteiger partial charge in [0, 0.05) is 13.1 Å². The molecule has 0 bridgehead atoms. The van der Waals surface area contributed by atoms with E-state index in [1.54, 1.807) is 24.3 Å². The van der Waals surface area contributed by atoms with Gasteiger partial charge >= 0.3 is 5.97 Å². The van der Waals surface area contributed by atoms with Crippen LogP contribution >= 0.6 is 0 Å². The van der Waals surface area contributed by atoms with E-state index >= 15 is 0 Å². The Balaban J connectivity index is 1.51. The van der Waals surface area contributed by atoms with Crippen molar-refractivity contribution in [1.29, 1.82) is 5.26 Å². The van der Waals surface area contributed by atoms with Crippen LogP contribution in [0.1, 0.15) is 29.0 Å². The Morgan fingerprint density at radius 1 is 1.19 bits per heavy atom. The average Bonchev–Trinajstić information content (AvgIpc) is 3.48. The lowest BCUT2D eigenvalue weighted by Gasteiger charge is -2.15. The fourth-order valence-corrected chi connectivity index (χ4v) is 5.04. The lowest BCUT2D eigenvalue weighted by molar-refractivity contribution is 0.0502. The molecule has 1 aromatic heterocycles. The van der Waals surface area contributed by atoms with Crippen LogP contribution in [0.3, 0.4) is 0 Å². The van der Waals surface area contributed by atoms with Gasteiger partial charge in [0.15, 0.2) is 11.6 Å². The number of nitrogens with one attached hydrogen (secondary N) is 1. The van der Waals surface area contributed by atoms with Gasteiger partial charge in [-0.05, 0) is 43.2 Å². The second-order valence-electron chi connectivity index (χ2n) is 7.25. The molecule has 4 rings (SSSR count). The molecule has 0 amide bonds. The number of aliphatic hydroxyl groups is 1. The third-order valence-corrected chi connectivity index (χ3v) is 7.03. The number of carbonyl (C=O) groups is 1. The number of esters is 1. The van der Waals surface area contributed by atoms with Crippen LogP contribution in [0, 0.1) is 11.3 Å². The number of para-hydroxylation sites is 2. The number of benzene rings is 2. The number of allylic oxidation sites excluding steroid dienone is 1. The van der Waals surface area contributed by atoms with Crippen LogP contribution < -0.4 is 0 Å². The first-order valence-electron chi connectivity index (χ1n) is 9.95. The topological polar surface area (TPSA) is 136 Å². The third kappa shape index (κ3) is 4.21. The van der Waals surface area contributed by atoms with E-state index in [0.29, 0.717) is 24.1 Å². The first-order valence-corrected chi connectivity index (χ1v) is 11.4. The molecule has 1 aliphatic rings. The Kier molecular flexibility index (Phi) is 5.94. The molecule has 1 saturated heterocycles. The molecule has 2 aromatic carbocycles. The molecule has 0 spiro atoms. The van der Waals surface area contributed by atoms with Gasteiger partial charge in [0.05, 0.1) is 21.5 Å². The van der Waals surface area contributed by atoms with Crippen molar-refractivity contribution in [2.24, 2.45) is 0 Å². The predicted octanol–water partition coefficient (Wildman–Crippen LogP) is 3.00. The van der Waals surface area contributed by atoms with Crippen molar-refractivity contribution in [1.82, 2.24) is 14.3 Å². The van der Waals surface area contributed by atoms with Crippen molar-refractivity contribution in [3.05, 3.63) is 65.7 Å². The monoisotopic (exact) mass is 452 g/mol. The maximum absolute atomic E-state index is 12.7. The molecule has 1 aliphatic heterocycles. The summed E-state index contributed by atoms with van der Waals surface area (Å²) in [6.07, 6.45) is 1.61. The first kappa shape index (κ1) is 21.5. The number of nitriles is 1. The fraction of sp³-hybridized carbons (Fsp3) is 0.227. The number of hydrogen-bond acceptors (Lipinski definition) is 7. The Hall–Kier alpha value is -3.68. The smallest absolute Gasteiger partial charge is 0.338 e. The van der Waals surface area contributed by atoms with E-state index in [2.05, 4.69) is 9.97 Å². The number of aromatic amines is 1. The molecule has 164 valence electrons. The molecule has 2 N–H and O–H groups in total. The molecular weight excluding hydrogens is 432 g/mol. The highest BCUT2D eigenvalue weighted by atomic mass is 32.2. The maximum Gasteiger partial charge on any atom is 0.338 e. The zero-order valence-corrected chi connectivity index (χ0v) is 17.8. The van der Waals surface area contributed by atoms with E-state index in [1.165, 1.54) is 28.6 Å². The number of nitrogens with zero attached hydrogens (tertiary/aromatic N) is 3. The van der Waals surface area contributed by atoms with E-state index in [1.807, 2.05) is 6.07 Å². The van der Waals surface area contributed by atoms with Gasteiger partial charge in [0.1, 0.15) is 18.2 Å². The highest BCUT2D eigenvalue weighted by molar-refractivity contribution is 7.89. The average molecular weight is 452 g/mol. The first-order chi connectivity index (χ1) is 15.4. The number of sulfonamides is 1. The summed E-state index contributed by atoms with van der Waals surface area (Å²) in [6.45, 7) is 0.338. The van der Waals surface area contributed by atoms with Crippen LogP contribution in [0.2, 0.25) is 0 Å². The van der Waals surface area contributed by atoms with Crippen molar-refractivity contribution >= 4 is 32.6 Å². The molecule has 2 heterocycles. The minimum atomic E-state index is -3.68. The van der Waals surface area contributed by atoms with Crippen LogP contribution in [0.15, 0.2) is 59.2 Å². The molecule has 10 heteroatoms. The standard InChI is InChI=1S/C22H20N4O5S/c23-13-17(21-24-18-8-1-2-9-19(18)25-21)20(27)14-31-22(28)15-6-5-7-16(12-15)32(29,30)26-10-3-4-11-26/h1-2,5-9,12,27H,3-4,10-11,14H2,(H,24,25)/b20-17-. The summed E-state index contributed by atoms with van der Waals surface area (Å²) in [4.78, 5) is 19.7. The second kappa shape index (κ2) is 8.82. The summed E-state index contributed by atoms with van der Waals surface area (Å²) in [5, 5.41) is 19.8. The van der Waals surface area contributed by atoms with E-state index < -0.39 is 28.4 Å². The zero-order valence-electron chi connectivity index (χ0n) is 17.0. The van der Waals surface area contributed by atoms with Gasteiger partial charge in [-0.2, -0.15) is 9.57 Å². The molecular formula is C22H20N4O5S. The number of rotatable bonds is 6. The summed E-state index contributed by atoms with van der Waals surface area (Å²) in [7, 11) is -3.68. The quantitative estimate of drug-likeness (QED) is 0.333. The number of ether oxygens (including phenoxy) is 1. The van der Waals surface area contributed by atoms with Gasteiger partial charge in [0.25, 0.3) is 0 Å². The number of H-pyrrole nitrogens is 1. The number of aliphatic hydroxyl groups excluding tert-OH is 1. The molecule has 0 saturated carbocycles. The van der Waals surface area contributed by atoms with Crippen molar-refractivity contribution < 1.29 is 23.1 Å². The van der Waals surface area contributed by atoms with E-state index in [0.717, 1.165) is 12.8 Å². The van der Waals surface area contributed by atoms with Gasteiger partial charge < -0.3 is 14.8 Å². The summed E-state index contributed by atoms with van der Waals surface area (Å²) in [5.74, 6) is -1.14. The van der Waals surface area contributed by atoms with Crippen LogP contribution in [0.5, 0.6) is 0 Å². The zero-order chi connectivity index (χ0) is 22.7. The van der Waals surface area contributed by atoms with Crippen LogP contribution in [0.25, 0.3) is 16.6 Å². The molecule has 0 aliphatic carbocycles. The van der Waals surface area contributed by atoms with E-state index in [-0.39, 0.29) is 21.9 Å². The largest absolute Gasteiger partial charge is 0.507 e. The lowest BCUT2D eigenvalue weighted by atomic mass is 10.2. The van der Waals surface area contributed by atoms with E-state index in [4.69, 9.17) is 4.74 Å². The Morgan fingerprint density at radius 3 is 2.66 bits per heavy atom. The summed E-state index contributed by atoms with van der Waals surface area (Å²) in [6, 6.07) is 14.6. The number of aromatic nitrogens is 2. The predicted molar refractivity (Wildman–Crippen MR) is 116 cm³/mol. The molecule has 0 atom stereocenters. The van der Waals surface area contributed by atoms with Gasteiger partial charge in [-0.15, -0.1) is 0 Å². The van der Waals surface area contributed by atoms with Crippen LogP contribution in [-0.2, 0) is 14.8 Å². The summed E-state index contributed by atoms with van der Waals surface area (Å²) in [5.41, 5.74) is 1.19. The number of hydrogen-bond donors (Lipinski definition) is 2. The minimum Gasteiger partial charge on any atom is -0.507 e. The fourth-order valence-electron chi connectivity index (χ4n) is 3.48. The Labute approximate surface area is 184 Å². The van der Waals surface area contributed by atoms with Crippen molar-refractivity contribution in [3.63, 3.8) is 0 Å². The minimum absolute atomic E-state index is 0.00797. The van der Waals surface area contributed by atoms with Gasteiger partial charge in [-0.25, -0.2) is 18.2 Å². The number of fused-ring (bicyclic) bond motifs is 1. The van der Waals surface area contributed by atoms with Crippen molar-refractivity contribution in [3.8, 4) is 6.07 Å². The third-order valence-electron chi connectivity index (χ3n) is 5.14. The van der Waals surface area contributed by atoms with Crippen LogP contribution in [0.4, 0.5) is 0 Å². The molecule has 1 fully saturated rings. The molecule has 0 radical (unpaired) electrons. The highest BCUT2D eigenvalue weighted by Gasteiger charge is 2.28. The molecule has 0 unspecified atom stereocenters. The molecule has 32 heavy (non-hydrogen) atoms. The van der Waals surface area contributed by atoms with Crippen LogP contribution in [-0.4, -0.2) is 53.5 Å². The summed E-state index contributed by atoms with van der Waals surface area (Å²) < 4.78 is 31.9. The lowest BCUT2D eigenvalue weighted by Crippen LogP contribution is -2.28. The Morgan fingerprint density at radius 2 is 1.94 bits per heavy atom. The number of carbonyl (C=O) groups excluding carboxylic acids is 1. The normalized spacial score (nSPS) is 15.3. The van der Waals surface area contributed by atoms with E-state index in [9.17, 15) is 23.6 Å². The van der Waals surface area contributed by atoms with Crippen molar-refractivity contribution in [2.75, 3.05) is 19.7 Å². The Bertz CT molecular complexity index is 1310. The summed E-state index contributed by atoms with van der Waals surface area (Å²) >= 11 is 0. The van der Waals surface area contributed by atoms with Gasteiger partial charge in [0.2, 0.25) is 10.0 Å². The van der Waals surface area contributed by atoms with Gasteiger partial charge in [-0.1, -0.05) is 18.2 Å². The number of imidazole rings is 1. The second-order valence-corrected chi connectivity index (χ2v) is 9.19. The molecule has 9 nitrogen and oxygen atoms in total. The SMILES string of the molecule is N#C/C(=C(/O)COC(=O)c1cccc(S(=O)(=O)N2CCCC2)c1)c1nc2ccccc2[nH]1. The van der Waals surface area contributed by atoms with Crippen molar-refractivity contribution in [2.45, 2.75) is 17.7 Å².